The van der Waals surface area contributed by atoms with E-state index in [9.17, 15) is 13.2 Å². The van der Waals surface area contributed by atoms with Gasteiger partial charge in [-0.15, -0.1) is 0 Å². The zero-order valence-electron chi connectivity index (χ0n) is 11.8. The average Bonchev–Trinajstić information content (AvgIpc) is 2.81. The van der Waals surface area contributed by atoms with Crippen LogP contribution in [0.25, 0.3) is 10.9 Å². The maximum Gasteiger partial charge on any atom is 0.320 e. The van der Waals surface area contributed by atoms with E-state index in [4.69, 9.17) is 21.1 Å². The highest BCUT2D eigenvalue weighted by molar-refractivity contribution is 7.85. The van der Waals surface area contributed by atoms with Gasteiger partial charge in [-0.05, 0) is 11.6 Å². The number of H-pyrrole nitrogens is 1. The Balaban J connectivity index is 0.000000295. The summed E-state index contributed by atoms with van der Waals surface area (Å²) in [5.41, 5.74) is 12.2. The van der Waals surface area contributed by atoms with Gasteiger partial charge in [-0.3, -0.25) is 9.35 Å². The maximum atomic E-state index is 10.6. The van der Waals surface area contributed by atoms with Gasteiger partial charge in [-0.1, -0.05) is 18.2 Å². The van der Waals surface area contributed by atoms with Crippen LogP contribution >= 0.6 is 0 Å². The zero-order chi connectivity index (χ0) is 16.8. The van der Waals surface area contributed by atoms with Crippen LogP contribution in [0.1, 0.15) is 5.56 Å². The van der Waals surface area contributed by atoms with Crippen LogP contribution in [-0.4, -0.2) is 47.4 Å². The summed E-state index contributed by atoms with van der Waals surface area (Å²) in [6, 6.07) is 6.91. The lowest BCUT2D eigenvalue weighted by atomic mass is 10.1. The van der Waals surface area contributed by atoms with Crippen molar-refractivity contribution >= 4 is 27.0 Å². The van der Waals surface area contributed by atoms with Crippen molar-refractivity contribution < 1.29 is 22.9 Å². The molecule has 0 radical (unpaired) electrons. The molecule has 0 aliphatic carbocycles. The highest BCUT2D eigenvalue weighted by atomic mass is 32.2. The Morgan fingerprint density at radius 3 is 2.45 bits per heavy atom. The van der Waals surface area contributed by atoms with Crippen LogP contribution in [0.4, 0.5) is 0 Å². The van der Waals surface area contributed by atoms with Crippen molar-refractivity contribution in [1.29, 1.82) is 0 Å². The maximum absolute atomic E-state index is 10.6. The monoisotopic (exact) mass is 329 g/mol. The number of hydrogen-bond acceptors (Lipinski definition) is 5. The largest absolute Gasteiger partial charge is 0.480 e. The van der Waals surface area contributed by atoms with Crippen molar-refractivity contribution in [2.75, 3.05) is 12.3 Å². The third-order valence-electron chi connectivity index (χ3n) is 2.81. The molecular weight excluding hydrogens is 310 g/mol. The van der Waals surface area contributed by atoms with Gasteiger partial charge in [0.05, 0.1) is 5.75 Å². The molecule has 1 heterocycles. The van der Waals surface area contributed by atoms with Gasteiger partial charge in [-0.2, -0.15) is 8.42 Å². The van der Waals surface area contributed by atoms with Crippen molar-refractivity contribution in [3.05, 3.63) is 36.0 Å². The Kier molecular flexibility index (Phi) is 6.50. The first-order chi connectivity index (χ1) is 10.2. The lowest BCUT2D eigenvalue weighted by molar-refractivity contribution is -0.138. The summed E-state index contributed by atoms with van der Waals surface area (Å²) >= 11 is 0. The lowest BCUT2D eigenvalue weighted by Gasteiger charge is -2.04. The second-order valence-electron chi connectivity index (χ2n) is 4.58. The SMILES string of the molecule is NC(Cc1c[nH]c2ccccc12)C(=O)O.NCCS(=O)(=O)O. The minimum atomic E-state index is -3.80. The molecular formula is C13H19N3O5S. The van der Waals surface area contributed by atoms with Crippen LogP contribution < -0.4 is 11.5 Å². The van der Waals surface area contributed by atoms with Crippen LogP contribution in [0.2, 0.25) is 0 Å². The van der Waals surface area contributed by atoms with Crippen molar-refractivity contribution in [1.82, 2.24) is 4.98 Å². The van der Waals surface area contributed by atoms with Gasteiger partial charge < -0.3 is 21.6 Å². The molecule has 1 aromatic carbocycles. The van der Waals surface area contributed by atoms with Crippen LogP contribution in [0.5, 0.6) is 0 Å². The molecule has 122 valence electrons. The van der Waals surface area contributed by atoms with Crippen molar-refractivity contribution in [2.45, 2.75) is 12.5 Å². The normalized spacial score (nSPS) is 12.5. The van der Waals surface area contributed by atoms with Crippen LogP contribution in [0.15, 0.2) is 30.5 Å². The number of fused-ring (bicyclic) bond motifs is 1. The van der Waals surface area contributed by atoms with Gasteiger partial charge in [0, 0.05) is 30.1 Å². The second-order valence-corrected chi connectivity index (χ2v) is 6.16. The fourth-order valence-electron chi connectivity index (χ4n) is 1.77. The van der Waals surface area contributed by atoms with Gasteiger partial charge in [0.15, 0.2) is 0 Å². The van der Waals surface area contributed by atoms with Crippen molar-refractivity contribution in [2.24, 2.45) is 11.5 Å². The van der Waals surface area contributed by atoms with Crippen molar-refractivity contribution in [3.8, 4) is 0 Å². The third-order valence-corrected chi connectivity index (χ3v) is 3.56. The molecule has 0 bridgehead atoms. The number of hydrogen-bond donors (Lipinski definition) is 5. The number of aromatic amines is 1. The lowest BCUT2D eigenvalue weighted by Crippen LogP contribution is -2.32. The number of aliphatic carboxylic acids is 1. The third kappa shape index (κ3) is 5.82. The van der Waals surface area contributed by atoms with Gasteiger partial charge in [0.25, 0.3) is 10.1 Å². The number of rotatable bonds is 5. The molecule has 22 heavy (non-hydrogen) atoms. The van der Waals surface area contributed by atoms with E-state index >= 15 is 0 Å². The standard InChI is InChI=1S/C11H12N2O2.C2H7NO3S/c12-9(11(14)15)5-7-6-13-10-4-2-1-3-8(7)10;3-1-2-7(4,5)6/h1-4,6,9,13H,5,12H2,(H,14,15);1-3H2,(H,4,5,6). The molecule has 0 saturated heterocycles. The molecule has 1 atom stereocenters. The second kappa shape index (κ2) is 7.90. The van der Waals surface area contributed by atoms with E-state index in [0.717, 1.165) is 16.5 Å². The number of para-hydroxylation sites is 1. The molecule has 0 spiro atoms. The number of benzene rings is 1. The topological polar surface area (TPSA) is 159 Å². The summed E-state index contributed by atoms with van der Waals surface area (Å²) in [5, 5.41) is 9.75. The first kappa shape index (κ1) is 18.1. The Hall–Kier alpha value is -1.94. The zero-order valence-corrected chi connectivity index (χ0v) is 12.6. The van der Waals surface area contributed by atoms with Crippen LogP contribution in [0.3, 0.4) is 0 Å². The molecule has 1 unspecified atom stereocenters. The highest BCUT2D eigenvalue weighted by Crippen LogP contribution is 2.18. The van der Waals surface area contributed by atoms with E-state index in [2.05, 4.69) is 4.98 Å². The first-order valence-electron chi connectivity index (χ1n) is 6.43. The Morgan fingerprint density at radius 1 is 1.32 bits per heavy atom. The number of carbonyl (C=O) groups is 1. The number of nitrogens with two attached hydrogens (primary N) is 2. The summed E-state index contributed by atoms with van der Waals surface area (Å²) in [7, 11) is -3.80. The van der Waals surface area contributed by atoms with Crippen molar-refractivity contribution in [3.63, 3.8) is 0 Å². The molecule has 8 nitrogen and oxygen atoms in total. The molecule has 0 fully saturated rings. The van der Waals surface area contributed by atoms with Gasteiger partial charge >= 0.3 is 5.97 Å². The predicted molar refractivity (Wildman–Crippen MR) is 83.1 cm³/mol. The van der Waals surface area contributed by atoms with E-state index in [1.807, 2.05) is 30.5 Å². The molecule has 2 aromatic rings. The summed E-state index contributed by atoms with van der Waals surface area (Å²) in [4.78, 5) is 13.7. The van der Waals surface area contributed by atoms with Crippen LogP contribution in [0, 0.1) is 0 Å². The Morgan fingerprint density at radius 2 is 1.95 bits per heavy atom. The molecule has 0 amide bonds. The molecule has 9 heteroatoms. The summed E-state index contributed by atoms with van der Waals surface area (Å²) in [6.45, 7) is -0.0289. The number of aromatic nitrogens is 1. The van der Waals surface area contributed by atoms with Gasteiger partial charge in [-0.25, -0.2) is 0 Å². The first-order valence-corrected chi connectivity index (χ1v) is 8.04. The number of carboxylic acid groups (broad SMARTS) is 1. The fraction of sp³-hybridized carbons (Fsp3) is 0.308. The average molecular weight is 329 g/mol. The number of carboxylic acids is 1. The molecule has 2 rings (SSSR count). The van der Waals surface area contributed by atoms with Crippen LogP contribution in [-0.2, 0) is 21.3 Å². The molecule has 0 aliphatic heterocycles. The molecule has 0 aliphatic rings. The molecule has 7 N–H and O–H groups in total. The Labute approximate surface area is 127 Å². The minimum absolute atomic E-state index is 0.0289. The predicted octanol–water partition coefficient (Wildman–Crippen LogP) is -0.0448. The van der Waals surface area contributed by atoms with E-state index in [1.54, 1.807) is 0 Å². The van der Waals surface area contributed by atoms with Gasteiger partial charge in [0.2, 0.25) is 0 Å². The van der Waals surface area contributed by atoms with E-state index < -0.39 is 22.1 Å². The smallest absolute Gasteiger partial charge is 0.320 e. The quantitative estimate of drug-likeness (QED) is 0.481. The summed E-state index contributed by atoms with van der Waals surface area (Å²) in [5.74, 6) is -1.33. The number of nitrogens with one attached hydrogen (secondary N) is 1. The summed E-state index contributed by atoms with van der Waals surface area (Å²) in [6.07, 6.45) is 2.16. The molecule has 1 aromatic heterocycles. The summed E-state index contributed by atoms with van der Waals surface area (Å²) < 4.78 is 27.3. The fourth-order valence-corrected chi connectivity index (χ4v) is 2.07. The molecule has 0 saturated carbocycles. The Bertz CT molecular complexity index is 726. The van der Waals surface area contributed by atoms with E-state index in [0.29, 0.717) is 6.42 Å². The van der Waals surface area contributed by atoms with Gasteiger partial charge in [0.1, 0.15) is 6.04 Å². The minimum Gasteiger partial charge on any atom is -0.480 e. The highest BCUT2D eigenvalue weighted by Gasteiger charge is 2.14. The van der Waals surface area contributed by atoms with E-state index in [-0.39, 0.29) is 12.3 Å². The van der Waals surface area contributed by atoms with E-state index in [1.165, 1.54) is 0 Å².